The number of benzene rings is 1. The van der Waals surface area contributed by atoms with Crippen LogP contribution in [0.15, 0.2) is 18.2 Å². The summed E-state index contributed by atoms with van der Waals surface area (Å²) in [5.41, 5.74) is 2.73. The van der Waals surface area contributed by atoms with Crippen molar-refractivity contribution >= 4 is 0 Å². The zero-order chi connectivity index (χ0) is 14.8. The van der Waals surface area contributed by atoms with E-state index in [0.29, 0.717) is 6.04 Å². The first-order chi connectivity index (χ1) is 10.2. The molecule has 116 valence electrons. The van der Waals surface area contributed by atoms with Crippen LogP contribution in [0.1, 0.15) is 54.8 Å². The van der Waals surface area contributed by atoms with Crippen LogP contribution < -0.4 is 0 Å². The lowest BCUT2D eigenvalue weighted by Gasteiger charge is -2.47. The van der Waals surface area contributed by atoms with E-state index < -0.39 is 0 Å². The topological polar surface area (TPSA) is 63.9 Å². The molecular weight excluding hydrogens is 266 g/mol. The van der Waals surface area contributed by atoms with Crippen molar-refractivity contribution in [3.63, 3.8) is 0 Å². The van der Waals surface area contributed by atoms with Gasteiger partial charge in [0, 0.05) is 12.1 Å². The molecule has 4 nitrogen and oxygen atoms in total. The number of aliphatic hydroxyl groups is 3. The van der Waals surface area contributed by atoms with Gasteiger partial charge in [0.15, 0.2) is 0 Å². The third-order valence-electron chi connectivity index (χ3n) is 5.07. The van der Waals surface area contributed by atoms with Crippen molar-refractivity contribution in [2.45, 2.75) is 63.5 Å². The molecule has 3 rings (SSSR count). The molecule has 21 heavy (non-hydrogen) atoms. The standard InChI is InChI=1S/C17H25NO3/c19-10-13-5-4-12(7-14(13)11-20)17-9-16(21)8-15-3-1-2-6-18(15)17/h4-5,7,15-17,19-21H,1-3,6,8-11H2. The molecule has 0 saturated carbocycles. The van der Waals surface area contributed by atoms with Gasteiger partial charge in [-0.05, 0) is 48.9 Å². The predicted octanol–water partition coefficient (Wildman–Crippen LogP) is 1.72. The zero-order valence-corrected chi connectivity index (χ0v) is 12.4. The molecule has 3 N–H and O–H groups in total. The lowest BCUT2D eigenvalue weighted by molar-refractivity contribution is -0.0180. The quantitative estimate of drug-likeness (QED) is 0.793. The number of nitrogens with zero attached hydrogens (tertiary/aromatic N) is 1. The summed E-state index contributed by atoms with van der Waals surface area (Å²) >= 11 is 0. The van der Waals surface area contributed by atoms with Crippen LogP contribution in [0.2, 0.25) is 0 Å². The molecule has 2 aliphatic rings. The average Bonchev–Trinajstić information content (AvgIpc) is 2.53. The van der Waals surface area contributed by atoms with E-state index in [4.69, 9.17) is 0 Å². The molecule has 2 aliphatic heterocycles. The van der Waals surface area contributed by atoms with E-state index in [1.165, 1.54) is 19.3 Å². The van der Waals surface area contributed by atoms with Gasteiger partial charge in [0.25, 0.3) is 0 Å². The molecule has 0 aliphatic carbocycles. The van der Waals surface area contributed by atoms with Crippen molar-refractivity contribution in [2.24, 2.45) is 0 Å². The Bertz CT molecular complexity index is 491. The molecule has 3 atom stereocenters. The Labute approximate surface area is 126 Å². The summed E-state index contributed by atoms with van der Waals surface area (Å²) in [5.74, 6) is 0. The molecule has 0 aromatic heterocycles. The Kier molecular flexibility index (Phi) is 4.60. The van der Waals surface area contributed by atoms with Crippen molar-refractivity contribution in [3.05, 3.63) is 34.9 Å². The van der Waals surface area contributed by atoms with Gasteiger partial charge in [-0.1, -0.05) is 24.6 Å². The van der Waals surface area contributed by atoms with Crippen LogP contribution in [0.4, 0.5) is 0 Å². The fourth-order valence-electron chi connectivity index (χ4n) is 3.97. The molecule has 4 heteroatoms. The second-order valence-corrected chi connectivity index (χ2v) is 6.37. The summed E-state index contributed by atoms with van der Waals surface area (Å²) in [6.07, 6.45) is 5.08. The summed E-state index contributed by atoms with van der Waals surface area (Å²) in [5, 5.41) is 29.0. The average molecular weight is 291 g/mol. The molecule has 2 heterocycles. The van der Waals surface area contributed by atoms with Crippen LogP contribution in [0.5, 0.6) is 0 Å². The summed E-state index contributed by atoms with van der Waals surface area (Å²) in [6.45, 7) is 0.997. The summed E-state index contributed by atoms with van der Waals surface area (Å²) in [4.78, 5) is 2.53. The van der Waals surface area contributed by atoms with Crippen LogP contribution in [-0.2, 0) is 13.2 Å². The van der Waals surface area contributed by atoms with E-state index in [1.54, 1.807) is 0 Å². The monoisotopic (exact) mass is 291 g/mol. The number of hydrogen-bond donors (Lipinski definition) is 3. The van der Waals surface area contributed by atoms with Crippen LogP contribution >= 0.6 is 0 Å². The smallest absolute Gasteiger partial charge is 0.0685 e. The van der Waals surface area contributed by atoms with Gasteiger partial charge in [-0.3, -0.25) is 4.90 Å². The lowest BCUT2D eigenvalue weighted by atomic mass is 9.84. The molecule has 3 unspecified atom stereocenters. The van der Waals surface area contributed by atoms with Gasteiger partial charge in [0.1, 0.15) is 0 Å². The van der Waals surface area contributed by atoms with E-state index in [0.717, 1.165) is 36.1 Å². The molecule has 1 aromatic rings. The molecule has 2 saturated heterocycles. The van der Waals surface area contributed by atoms with Crippen LogP contribution in [0, 0.1) is 0 Å². The van der Waals surface area contributed by atoms with E-state index in [9.17, 15) is 15.3 Å². The maximum Gasteiger partial charge on any atom is 0.0685 e. The molecule has 0 bridgehead atoms. The van der Waals surface area contributed by atoms with Crippen molar-refractivity contribution in [1.82, 2.24) is 4.90 Å². The van der Waals surface area contributed by atoms with Crippen molar-refractivity contribution in [3.8, 4) is 0 Å². The number of aliphatic hydroxyl groups excluding tert-OH is 3. The molecule has 0 spiro atoms. The Balaban J connectivity index is 1.89. The first kappa shape index (κ1) is 15.0. The third-order valence-corrected chi connectivity index (χ3v) is 5.07. The normalized spacial score (nSPS) is 30.1. The van der Waals surface area contributed by atoms with Gasteiger partial charge in [-0.15, -0.1) is 0 Å². The lowest BCUT2D eigenvalue weighted by Crippen LogP contribution is -2.48. The maximum absolute atomic E-state index is 10.2. The fraction of sp³-hybridized carbons (Fsp3) is 0.647. The molecule has 0 radical (unpaired) electrons. The summed E-state index contributed by atoms with van der Waals surface area (Å²) < 4.78 is 0. The van der Waals surface area contributed by atoms with Crippen molar-refractivity contribution < 1.29 is 15.3 Å². The van der Waals surface area contributed by atoms with Crippen LogP contribution in [0.3, 0.4) is 0 Å². The Hall–Kier alpha value is -0.940. The van der Waals surface area contributed by atoms with E-state index in [-0.39, 0.29) is 25.4 Å². The number of fused-ring (bicyclic) bond motifs is 1. The molecule has 0 amide bonds. The number of rotatable bonds is 3. The minimum Gasteiger partial charge on any atom is -0.393 e. The highest BCUT2D eigenvalue weighted by atomic mass is 16.3. The highest BCUT2D eigenvalue weighted by Crippen LogP contribution is 2.39. The van der Waals surface area contributed by atoms with E-state index >= 15 is 0 Å². The van der Waals surface area contributed by atoms with Gasteiger partial charge in [0.2, 0.25) is 0 Å². The third kappa shape index (κ3) is 2.99. The van der Waals surface area contributed by atoms with Crippen molar-refractivity contribution in [2.75, 3.05) is 6.54 Å². The molecule has 2 fully saturated rings. The Morgan fingerprint density at radius 3 is 2.62 bits per heavy atom. The van der Waals surface area contributed by atoms with Gasteiger partial charge in [0.05, 0.1) is 19.3 Å². The molecular formula is C17H25NO3. The van der Waals surface area contributed by atoms with Gasteiger partial charge in [-0.2, -0.15) is 0 Å². The highest BCUT2D eigenvalue weighted by molar-refractivity contribution is 5.33. The summed E-state index contributed by atoms with van der Waals surface area (Å²) in [7, 11) is 0. The molecule has 1 aromatic carbocycles. The van der Waals surface area contributed by atoms with Gasteiger partial charge < -0.3 is 15.3 Å². The van der Waals surface area contributed by atoms with E-state index in [2.05, 4.69) is 4.90 Å². The SMILES string of the molecule is OCc1ccc(C2CC(O)CC3CCCCN32)cc1CO. The van der Waals surface area contributed by atoms with Crippen LogP contribution in [-0.4, -0.2) is 38.9 Å². The van der Waals surface area contributed by atoms with Gasteiger partial charge in [-0.25, -0.2) is 0 Å². The van der Waals surface area contributed by atoms with E-state index in [1.807, 2.05) is 18.2 Å². The summed E-state index contributed by atoms with van der Waals surface area (Å²) in [6, 6.07) is 6.67. The number of hydrogen-bond acceptors (Lipinski definition) is 4. The Morgan fingerprint density at radius 2 is 1.86 bits per heavy atom. The minimum absolute atomic E-state index is 0.0458. The minimum atomic E-state index is -0.232. The predicted molar refractivity (Wildman–Crippen MR) is 80.6 cm³/mol. The second kappa shape index (κ2) is 6.44. The first-order valence-electron chi connectivity index (χ1n) is 8.00. The zero-order valence-electron chi connectivity index (χ0n) is 12.4. The Morgan fingerprint density at radius 1 is 1.05 bits per heavy atom. The van der Waals surface area contributed by atoms with Crippen molar-refractivity contribution in [1.29, 1.82) is 0 Å². The maximum atomic E-state index is 10.2. The largest absolute Gasteiger partial charge is 0.393 e. The first-order valence-corrected chi connectivity index (χ1v) is 8.00. The van der Waals surface area contributed by atoms with Gasteiger partial charge >= 0.3 is 0 Å². The van der Waals surface area contributed by atoms with Crippen LogP contribution in [0.25, 0.3) is 0 Å². The highest BCUT2D eigenvalue weighted by Gasteiger charge is 2.36. The number of piperidine rings is 2. The second-order valence-electron chi connectivity index (χ2n) is 6.37. The fourth-order valence-corrected chi connectivity index (χ4v) is 3.97.